The number of hydrogen-bond acceptors (Lipinski definition) is 2. The molecular weight excluding hydrogens is 220 g/mol. The fourth-order valence-corrected chi connectivity index (χ4v) is 3.14. The van der Waals surface area contributed by atoms with Crippen molar-refractivity contribution in [3.63, 3.8) is 0 Å². The van der Waals surface area contributed by atoms with Crippen LogP contribution in [0.5, 0.6) is 0 Å². The van der Waals surface area contributed by atoms with Crippen molar-refractivity contribution in [3.05, 3.63) is 11.6 Å². The lowest BCUT2D eigenvalue weighted by Crippen LogP contribution is -2.41. The minimum Gasteiger partial charge on any atom is -0.313 e. The van der Waals surface area contributed by atoms with Gasteiger partial charge in [0.25, 0.3) is 0 Å². The summed E-state index contributed by atoms with van der Waals surface area (Å²) in [5.41, 5.74) is 1.58. The van der Waals surface area contributed by atoms with Crippen molar-refractivity contribution < 1.29 is 0 Å². The van der Waals surface area contributed by atoms with Crippen molar-refractivity contribution >= 4 is 0 Å². The van der Waals surface area contributed by atoms with Gasteiger partial charge >= 0.3 is 0 Å². The molecular formula is C16H32N2. The van der Waals surface area contributed by atoms with E-state index in [4.69, 9.17) is 0 Å². The second-order valence-electron chi connectivity index (χ2n) is 6.09. The van der Waals surface area contributed by atoms with Crippen LogP contribution in [0.2, 0.25) is 0 Å². The zero-order valence-electron chi connectivity index (χ0n) is 13.0. The van der Waals surface area contributed by atoms with E-state index in [0.717, 1.165) is 24.9 Å². The molecule has 2 nitrogen and oxygen atoms in total. The molecule has 1 aliphatic rings. The predicted molar refractivity (Wildman–Crippen MR) is 80.9 cm³/mol. The molecule has 0 fully saturated rings. The van der Waals surface area contributed by atoms with Gasteiger partial charge in [0.1, 0.15) is 0 Å². The molecule has 1 rings (SSSR count). The number of hydrogen-bond donors (Lipinski definition) is 1. The fourth-order valence-electron chi connectivity index (χ4n) is 3.14. The Balaban J connectivity index is 2.26. The summed E-state index contributed by atoms with van der Waals surface area (Å²) < 4.78 is 0. The van der Waals surface area contributed by atoms with Crippen LogP contribution in [0, 0.1) is 11.8 Å². The molecule has 0 saturated heterocycles. The van der Waals surface area contributed by atoms with E-state index < -0.39 is 0 Å². The van der Waals surface area contributed by atoms with Crippen molar-refractivity contribution in [2.45, 2.75) is 53.5 Å². The standard InChI is InChI=1S/C16H32N2/c1-6-18(7-2)12-15(5)17-11-16-9-13(3)8-14(4)10-16/h8,13,15-17H,6-7,9-12H2,1-5H3. The van der Waals surface area contributed by atoms with E-state index in [1.165, 1.54) is 25.9 Å². The molecule has 0 aromatic rings. The molecule has 0 bridgehead atoms. The largest absolute Gasteiger partial charge is 0.313 e. The second kappa shape index (κ2) is 7.96. The Kier molecular flexibility index (Phi) is 6.95. The Bertz CT molecular complexity index is 256. The topological polar surface area (TPSA) is 15.3 Å². The van der Waals surface area contributed by atoms with Gasteiger partial charge in [-0.1, -0.05) is 32.4 Å². The summed E-state index contributed by atoms with van der Waals surface area (Å²) in [4.78, 5) is 2.49. The minimum absolute atomic E-state index is 0.603. The molecule has 1 N–H and O–H groups in total. The molecule has 1 aliphatic carbocycles. The SMILES string of the molecule is CCN(CC)CC(C)NCC1CC(C)=CC(C)C1. The maximum atomic E-state index is 3.72. The van der Waals surface area contributed by atoms with E-state index in [0.29, 0.717) is 6.04 Å². The molecule has 0 aromatic carbocycles. The van der Waals surface area contributed by atoms with E-state index in [1.807, 2.05) is 0 Å². The van der Waals surface area contributed by atoms with Crippen LogP contribution in [0.15, 0.2) is 11.6 Å². The smallest absolute Gasteiger partial charge is 0.0166 e. The summed E-state index contributed by atoms with van der Waals surface area (Å²) in [7, 11) is 0. The van der Waals surface area contributed by atoms with E-state index in [1.54, 1.807) is 5.57 Å². The van der Waals surface area contributed by atoms with Gasteiger partial charge in [0, 0.05) is 12.6 Å². The van der Waals surface area contributed by atoms with Gasteiger partial charge in [0.15, 0.2) is 0 Å². The highest BCUT2D eigenvalue weighted by Gasteiger charge is 2.18. The first kappa shape index (κ1) is 15.7. The molecule has 0 spiro atoms. The lowest BCUT2D eigenvalue weighted by molar-refractivity contribution is 0.261. The first-order chi connectivity index (χ1) is 8.55. The summed E-state index contributed by atoms with van der Waals surface area (Å²) in [5, 5.41) is 3.72. The molecule has 18 heavy (non-hydrogen) atoms. The van der Waals surface area contributed by atoms with Gasteiger partial charge in [-0.3, -0.25) is 0 Å². The highest BCUT2D eigenvalue weighted by Crippen LogP contribution is 2.27. The van der Waals surface area contributed by atoms with E-state index in [-0.39, 0.29) is 0 Å². The third-order valence-corrected chi connectivity index (χ3v) is 4.07. The number of nitrogens with zero attached hydrogens (tertiary/aromatic N) is 1. The molecule has 0 radical (unpaired) electrons. The number of likely N-dealkylation sites (N-methyl/N-ethyl adjacent to an activating group) is 1. The van der Waals surface area contributed by atoms with E-state index in [2.05, 4.69) is 50.9 Å². The highest BCUT2D eigenvalue weighted by molar-refractivity contribution is 5.06. The predicted octanol–water partition coefficient (Wildman–Crippen LogP) is 3.30. The number of allylic oxidation sites excluding steroid dienone is 2. The van der Waals surface area contributed by atoms with Crippen molar-refractivity contribution in [3.8, 4) is 0 Å². The van der Waals surface area contributed by atoms with Crippen LogP contribution < -0.4 is 5.32 Å². The molecule has 3 atom stereocenters. The summed E-state index contributed by atoms with van der Waals surface area (Å²) in [6.45, 7) is 16.1. The Morgan fingerprint density at radius 1 is 1.39 bits per heavy atom. The quantitative estimate of drug-likeness (QED) is 0.699. The summed E-state index contributed by atoms with van der Waals surface area (Å²) in [6.07, 6.45) is 5.08. The van der Waals surface area contributed by atoms with Crippen molar-refractivity contribution in [1.29, 1.82) is 0 Å². The molecule has 3 unspecified atom stereocenters. The van der Waals surface area contributed by atoms with Crippen LogP contribution in [0.25, 0.3) is 0 Å². The van der Waals surface area contributed by atoms with E-state index >= 15 is 0 Å². The Labute approximate surface area is 114 Å². The monoisotopic (exact) mass is 252 g/mol. The highest BCUT2D eigenvalue weighted by atomic mass is 15.1. The first-order valence-electron chi connectivity index (χ1n) is 7.68. The number of nitrogens with one attached hydrogen (secondary N) is 1. The van der Waals surface area contributed by atoms with Gasteiger partial charge in [-0.05, 0) is 58.2 Å². The molecule has 0 heterocycles. The lowest BCUT2D eigenvalue weighted by Gasteiger charge is -2.29. The maximum Gasteiger partial charge on any atom is 0.0166 e. The minimum atomic E-state index is 0.603. The summed E-state index contributed by atoms with van der Waals surface area (Å²) >= 11 is 0. The van der Waals surface area contributed by atoms with Crippen LogP contribution in [-0.2, 0) is 0 Å². The van der Waals surface area contributed by atoms with Gasteiger partial charge in [0.05, 0.1) is 0 Å². The zero-order valence-corrected chi connectivity index (χ0v) is 13.0. The van der Waals surface area contributed by atoms with Gasteiger partial charge in [-0.25, -0.2) is 0 Å². The average molecular weight is 252 g/mol. The maximum absolute atomic E-state index is 3.72. The van der Waals surface area contributed by atoms with Crippen LogP contribution in [0.1, 0.15) is 47.5 Å². The van der Waals surface area contributed by atoms with Gasteiger partial charge in [-0.15, -0.1) is 0 Å². The van der Waals surface area contributed by atoms with Gasteiger partial charge in [0.2, 0.25) is 0 Å². The third-order valence-electron chi connectivity index (χ3n) is 4.07. The van der Waals surface area contributed by atoms with Gasteiger partial charge in [-0.2, -0.15) is 0 Å². The van der Waals surface area contributed by atoms with Crippen molar-refractivity contribution in [2.24, 2.45) is 11.8 Å². The van der Waals surface area contributed by atoms with Crippen LogP contribution in [0.4, 0.5) is 0 Å². The zero-order chi connectivity index (χ0) is 13.5. The van der Waals surface area contributed by atoms with Gasteiger partial charge < -0.3 is 10.2 Å². The second-order valence-corrected chi connectivity index (χ2v) is 6.09. The lowest BCUT2D eigenvalue weighted by atomic mass is 9.83. The van der Waals surface area contributed by atoms with Crippen LogP contribution in [-0.4, -0.2) is 37.1 Å². The molecule has 0 aromatic heterocycles. The summed E-state index contributed by atoms with van der Waals surface area (Å²) in [5.74, 6) is 1.60. The average Bonchev–Trinajstić information content (AvgIpc) is 2.32. The molecule has 0 amide bonds. The van der Waals surface area contributed by atoms with Crippen molar-refractivity contribution in [2.75, 3.05) is 26.2 Å². The Morgan fingerprint density at radius 3 is 2.61 bits per heavy atom. The number of rotatable bonds is 7. The Hall–Kier alpha value is -0.340. The summed E-state index contributed by atoms with van der Waals surface area (Å²) in [6, 6.07) is 0.603. The van der Waals surface area contributed by atoms with Crippen molar-refractivity contribution in [1.82, 2.24) is 10.2 Å². The molecule has 106 valence electrons. The Morgan fingerprint density at radius 2 is 2.06 bits per heavy atom. The van der Waals surface area contributed by atoms with Crippen LogP contribution in [0.3, 0.4) is 0 Å². The van der Waals surface area contributed by atoms with E-state index in [9.17, 15) is 0 Å². The molecule has 0 saturated carbocycles. The molecule has 2 heteroatoms. The fraction of sp³-hybridized carbons (Fsp3) is 0.875. The first-order valence-corrected chi connectivity index (χ1v) is 7.68. The van der Waals surface area contributed by atoms with Crippen LogP contribution >= 0.6 is 0 Å². The normalized spacial score (nSPS) is 26.2. The third kappa shape index (κ3) is 5.53. The molecule has 0 aliphatic heterocycles.